The van der Waals surface area contributed by atoms with Crippen LogP contribution in [0.5, 0.6) is 0 Å². The van der Waals surface area contributed by atoms with Crippen molar-refractivity contribution in [1.29, 1.82) is 0 Å². The number of carbonyl (C=O) groups excluding carboxylic acids is 2. The van der Waals surface area contributed by atoms with Crippen LogP contribution in [0.4, 0.5) is 9.93 Å². The number of carbonyl (C=O) groups is 2. The molecule has 3 rings (SSSR count). The van der Waals surface area contributed by atoms with E-state index in [1.54, 1.807) is 11.8 Å². The van der Waals surface area contributed by atoms with Gasteiger partial charge in [-0.1, -0.05) is 30.3 Å². The maximum atomic E-state index is 12.3. The molecule has 0 atom stereocenters. The number of anilines is 1. The Hall–Kier alpha value is -2.45. The van der Waals surface area contributed by atoms with Crippen molar-refractivity contribution in [2.75, 3.05) is 44.6 Å². The van der Waals surface area contributed by atoms with E-state index in [1.807, 2.05) is 29.3 Å². The standard InChI is InChI=1S/C19H24N4O3S/c1-2-26-19(25)23-10-8-22(9-11-23)14-17(24)21-18-20-13-16(27-18)12-15-6-4-3-5-7-15/h3-7,13H,2,8-12,14H2,1H3,(H,20,21,24). The van der Waals surface area contributed by atoms with Gasteiger partial charge in [0, 0.05) is 43.7 Å². The highest BCUT2D eigenvalue weighted by atomic mass is 32.1. The van der Waals surface area contributed by atoms with E-state index in [0.29, 0.717) is 44.5 Å². The Morgan fingerprint density at radius 1 is 1.19 bits per heavy atom. The number of ether oxygens (including phenoxy) is 1. The van der Waals surface area contributed by atoms with E-state index in [9.17, 15) is 9.59 Å². The fourth-order valence-electron chi connectivity index (χ4n) is 2.91. The Morgan fingerprint density at radius 2 is 1.93 bits per heavy atom. The summed E-state index contributed by atoms with van der Waals surface area (Å²) in [6, 6.07) is 10.2. The quantitative estimate of drug-likeness (QED) is 0.823. The third kappa shape index (κ3) is 5.77. The highest BCUT2D eigenvalue weighted by molar-refractivity contribution is 7.15. The van der Waals surface area contributed by atoms with Crippen molar-refractivity contribution in [2.24, 2.45) is 0 Å². The van der Waals surface area contributed by atoms with E-state index in [0.717, 1.165) is 11.3 Å². The largest absolute Gasteiger partial charge is 0.450 e. The van der Waals surface area contributed by atoms with Crippen LogP contribution < -0.4 is 5.32 Å². The molecule has 1 aromatic carbocycles. The smallest absolute Gasteiger partial charge is 0.409 e. The van der Waals surface area contributed by atoms with E-state index < -0.39 is 0 Å². The van der Waals surface area contributed by atoms with Gasteiger partial charge in [0.25, 0.3) is 0 Å². The van der Waals surface area contributed by atoms with Gasteiger partial charge in [0.05, 0.1) is 13.2 Å². The highest BCUT2D eigenvalue weighted by Gasteiger charge is 2.23. The van der Waals surface area contributed by atoms with E-state index >= 15 is 0 Å². The average molecular weight is 388 g/mol. The van der Waals surface area contributed by atoms with Crippen LogP contribution in [0, 0.1) is 0 Å². The molecular weight excluding hydrogens is 364 g/mol. The van der Waals surface area contributed by atoms with Gasteiger partial charge in [0.1, 0.15) is 0 Å². The molecule has 27 heavy (non-hydrogen) atoms. The molecule has 0 radical (unpaired) electrons. The third-order valence-electron chi connectivity index (χ3n) is 4.29. The summed E-state index contributed by atoms with van der Waals surface area (Å²) in [6.45, 7) is 4.93. The lowest BCUT2D eigenvalue weighted by atomic mass is 10.1. The zero-order valence-corrected chi connectivity index (χ0v) is 16.2. The maximum Gasteiger partial charge on any atom is 0.409 e. The third-order valence-corrected chi connectivity index (χ3v) is 5.20. The Kier molecular flexibility index (Phi) is 6.78. The van der Waals surface area contributed by atoms with Crippen molar-refractivity contribution in [3.05, 3.63) is 47.0 Å². The number of amides is 2. The number of thiazole rings is 1. The Bertz CT molecular complexity index is 757. The first-order chi connectivity index (χ1) is 13.1. The van der Waals surface area contributed by atoms with Crippen molar-refractivity contribution >= 4 is 28.5 Å². The number of piperazine rings is 1. The van der Waals surface area contributed by atoms with Gasteiger partial charge in [-0.05, 0) is 12.5 Å². The van der Waals surface area contributed by atoms with Crippen LogP contribution in [-0.4, -0.2) is 66.1 Å². The normalized spacial score (nSPS) is 14.8. The lowest BCUT2D eigenvalue weighted by molar-refractivity contribution is -0.117. The van der Waals surface area contributed by atoms with Crippen LogP contribution >= 0.6 is 11.3 Å². The van der Waals surface area contributed by atoms with Gasteiger partial charge in [-0.3, -0.25) is 9.69 Å². The number of nitrogens with one attached hydrogen (secondary N) is 1. The molecule has 1 fully saturated rings. The summed E-state index contributed by atoms with van der Waals surface area (Å²) >= 11 is 1.50. The van der Waals surface area contributed by atoms with E-state index in [4.69, 9.17) is 4.74 Å². The molecule has 0 bridgehead atoms. The van der Waals surface area contributed by atoms with Crippen LogP contribution in [-0.2, 0) is 16.0 Å². The summed E-state index contributed by atoms with van der Waals surface area (Å²) in [5.41, 5.74) is 1.22. The molecule has 1 aliphatic heterocycles. The van der Waals surface area contributed by atoms with Gasteiger partial charge in [-0.25, -0.2) is 9.78 Å². The fraction of sp³-hybridized carbons (Fsp3) is 0.421. The molecule has 2 amide bonds. The van der Waals surface area contributed by atoms with Gasteiger partial charge < -0.3 is 15.0 Å². The average Bonchev–Trinajstić information content (AvgIpc) is 3.10. The lowest BCUT2D eigenvalue weighted by Gasteiger charge is -2.33. The summed E-state index contributed by atoms with van der Waals surface area (Å²) < 4.78 is 5.00. The van der Waals surface area contributed by atoms with Gasteiger partial charge in [0.15, 0.2) is 5.13 Å². The molecule has 0 saturated carbocycles. The lowest BCUT2D eigenvalue weighted by Crippen LogP contribution is -2.50. The number of benzene rings is 1. The van der Waals surface area contributed by atoms with Crippen molar-refractivity contribution in [3.63, 3.8) is 0 Å². The SMILES string of the molecule is CCOC(=O)N1CCN(CC(=O)Nc2ncc(Cc3ccccc3)s2)CC1. The molecule has 8 heteroatoms. The summed E-state index contributed by atoms with van der Waals surface area (Å²) in [7, 11) is 0. The number of aromatic nitrogens is 1. The second kappa shape index (κ2) is 9.48. The molecule has 0 unspecified atom stereocenters. The van der Waals surface area contributed by atoms with Crippen molar-refractivity contribution in [2.45, 2.75) is 13.3 Å². The second-order valence-electron chi connectivity index (χ2n) is 6.30. The van der Waals surface area contributed by atoms with E-state index in [1.165, 1.54) is 16.9 Å². The van der Waals surface area contributed by atoms with Crippen LogP contribution in [0.15, 0.2) is 36.5 Å². The molecule has 1 aliphatic rings. The predicted octanol–water partition coefficient (Wildman–Crippen LogP) is 2.45. The number of hydrogen-bond acceptors (Lipinski definition) is 6. The highest BCUT2D eigenvalue weighted by Crippen LogP contribution is 2.21. The molecule has 2 aromatic rings. The minimum atomic E-state index is -0.282. The number of hydrogen-bond donors (Lipinski definition) is 1. The summed E-state index contributed by atoms with van der Waals surface area (Å²) in [4.78, 5) is 33.1. The van der Waals surface area contributed by atoms with Crippen LogP contribution in [0.3, 0.4) is 0 Å². The molecule has 144 valence electrons. The predicted molar refractivity (Wildman–Crippen MR) is 105 cm³/mol. The van der Waals surface area contributed by atoms with Crippen molar-refractivity contribution in [1.82, 2.24) is 14.8 Å². The van der Waals surface area contributed by atoms with Crippen molar-refractivity contribution in [3.8, 4) is 0 Å². The topological polar surface area (TPSA) is 74.8 Å². The minimum absolute atomic E-state index is 0.0832. The molecule has 7 nitrogen and oxygen atoms in total. The zero-order valence-electron chi connectivity index (χ0n) is 15.4. The second-order valence-corrected chi connectivity index (χ2v) is 7.42. The van der Waals surface area contributed by atoms with Gasteiger partial charge in [-0.15, -0.1) is 11.3 Å². The molecule has 1 aromatic heterocycles. The van der Waals surface area contributed by atoms with E-state index in [-0.39, 0.29) is 12.0 Å². The molecule has 1 saturated heterocycles. The van der Waals surface area contributed by atoms with E-state index in [2.05, 4.69) is 22.4 Å². The van der Waals surface area contributed by atoms with Gasteiger partial charge in [0.2, 0.25) is 5.91 Å². The van der Waals surface area contributed by atoms with Crippen molar-refractivity contribution < 1.29 is 14.3 Å². The van der Waals surface area contributed by atoms with Gasteiger partial charge in [-0.2, -0.15) is 0 Å². The minimum Gasteiger partial charge on any atom is -0.450 e. The molecular formula is C19H24N4O3S. The Labute approximate surface area is 162 Å². The van der Waals surface area contributed by atoms with Crippen LogP contribution in [0.2, 0.25) is 0 Å². The Balaban J connectivity index is 1.43. The fourth-order valence-corrected chi connectivity index (χ4v) is 3.77. The number of rotatable bonds is 6. The molecule has 1 N–H and O–H groups in total. The first-order valence-corrected chi connectivity index (χ1v) is 9.88. The maximum absolute atomic E-state index is 12.3. The molecule has 2 heterocycles. The first kappa shape index (κ1) is 19.3. The molecule has 0 spiro atoms. The van der Waals surface area contributed by atoms with Gasteiger partial charge >= 0.3 is 6.09 Å². The Morgan fingerprint density at radius 3 is 2.63 bits per heavy atom. The summed E-state index contributed by atoms with van der Waals surface area (Å²) in [6.07, 6.45) is 2.34. The van der Waals surface area contributed by atoms with Crippen LogP contribution in [0.1, 0.15) is 17.4 Å². The first-order valence-electron chi connectivity index (χ1n) is 9.06. The summed E-state index contributed by atoms with van der Waals surface area (Å²) in [5, 5.41) is 3.49. The zero-order chi connectivity index (χ0) is 19.1. The molecule has 0 aliphatic carbocycles. The van der Waals surface area contributed by atoms with Crippen LogP contribution in [0.25, 0.3) is 0 Å². The monoisotopic (exact) mass is 388 g/mol. The number of nitrogens with zero attached hydrogens (tertiary/aromatic N) is 3. The summed E-state index contributed by atoms with van der Waals surface area (Å²) in [5.74, 6) is -0.0832.